The molecule has 0 bridgehead atoms. The number of aliphatic hydroxyl groups is 1. The van der Waals surface area contributed by atoms with E-state index in [0.717, 1.165) is 5.57 Å². The number of aliphatic carboxylic acids is 1. The first kappa shape index (κ1) is 17.9. The standard InChI is InChI=1S/C17H26O6/c1-9(5-7-13(18)19)4-6-11-15(20)14-12(8-23-17(14)21)10(2)16(11)22-3/h4,10-12,14-16,20H,5-8H2,1-3H3,(H,18,19)/b9-4+. The Labute approximate surface area is 136 Å². The second-order valence-electron chi connectivity index (χ2n) is 6.71. The Balaban J connectivity index is 2.10. The lowest BCUT2D eigenvalue weighted by Gasteiger charge is -2.43. The molecular formula is C17H26O6. The molecule has 23 heavy (non-hydrogen) atoms. The molecule has 130 valence electrons. The molecule has 1 heterocycles. The van der Waals surface area contributed by atoms with E-state index in [1.54, 1.807) is 7.11 Å². The summed E-state index contributed by atoms with van der Waals surface area (Å²) in [6.07, 6.45) is 2.15. The van der Waals surface area contributed by atoms with E-state index >= 15 is 0 Å². The maximum atomic E-state index is 11.9. The van der Waals surface area contributed by atoms with E-state index in [9.17, 15) is 14.7 Å². The summed E-state index contributed by atoms with van der Waals surface area (Å²) < 4.78 is 10.7. The smallest absolute Gasteiger partial charge is 0.312 e. The first-order chi connectivity index (χ1) is 10.9. The third-order valence-electron chi connectivity index (χ3n) is 5.32. The van der Waals surface area contributed by atoms with Gasteiger partial charge >= 0.3 is 11.9 Å². The zero-order chi connectivity index (χ0) is 17.1. The van der Waals surface area contributed by atoms with Crippen LogP contribution in [0.4, 0.5) is 0 Å². The summed E-state index contributed by atoms with van der Waals surface area (Å²) in [7, 11) is 1.62. The number of rotatable bonds is 6. The quantitative estimate of drug-likeness (QED) is 0.569. The first-order valence-electron chi connectivity index (χ1n) is 8.11. The van der Waals surface area contributed by atoms with Crippen LogP contribution in [0.15, 0.2) is 11.6 Å². The predicted octanol–water partition coefficient (Wildman–Crippen LogP) is 1.62. The molecule has 1 saturated carbocycles. The monoisotopic (exact) mass is 326 g/mol. The highest BCUT2D eigenvalue weighted by Crippen LogP contribution is 2.45. The van der Waals surface area contributed by atoms with Crippen LogP contribution in [0.25, 0.3) is 0 Å². The normalized spacial score (nSPS) is 37.4. The lowest BCUT2D eigenvalue weighted by Crippen LogP contribution is -2.52. The van der Waals surface area contributed by atoms with E-state index in [1.807, 2.05) is 19.9 Å². The number of hydrogen-bond donors (Lipinski definition) is 2. The van der Waals surface area contributed by atoms with Gasteiger partial charge in [0.05, 0.1) is 24.7 Å². The van der Waals surface area contributed by atoms with Crippen LogP contribution in [0.3, 0.4) is 0 Å². The van der Waals surface area contributed by atoms with Crippen LogP contribution < -0.4 is 0 Å². The number of hydrogen-bond acceptors (Lipinski definition) is 5. The van der Waals surface area contributed by atoms with Gasteiger partial charge in [-0.25, -0.2) is 0 Å². The van der Waals surface area contributed by atoms with E-state index in [1.165, 1.54) is 0 Å². The molecule has 1 aliphatic heterocycles. The van der Waals surface area contributed by atoms with E-state index in [0.29, 0.717) is 19.4 Å². The third kappa shape index (κ3) is 3.75. The van der Waals surface area contributed by atoms with Crippen molar-refractivity contribution < 1.29 is 29.3 Å². The molecule has 2 fully saturated rings. The van der Waals surface area contributed by atoms with Crippen LogP contribution in [0.2, 0.25) is 0 Å². The molecule has 6 atom stereocenters. The summed E-state index contributed by atoms with van der Waals surface area (Å²) in [4.78, 5) is 22.5. The van der Waals surface area contributed by atoms with Crippen LogP contribution in [0.1, 0.15) is 33.1 Å². The zero-order valence-electron chi connectivity index (χ0n) is 13.9. The molecule has 0 aromatic heterocycles. The molecule has 6 unspecified atom stereocenters. The van der Waals surface area contributed by atoms with Gasteiger partial charge in [-0.3, -0.25) is 9.59 Å². The molecule has 1 aliphatic carbocycles. The van der Waals surface area contributed by atoms with Crippen molar-refractivity contribution in [2.75, 3.05) is 13.7 Å². The molecule has 6 nitrogen and oxygen atoms in total. The molecule has 0 amide bonds. The van der Waals surface area contributed by atoms with Crippen molar-refractivity contribution in [3.05, 3.63) is 11.6 Å². The Kier molecular flexibility index (Phi) is 5.81. The van der Waals surface area contributed by atoms with Gasteiger partial charge in [0.25, 0.3) is 0 Å². The second-order valence-corrected chi connectivity index (χ2v) is 6.71. The minimum Gasteiger partial charge on any atom is -0.481 e. The Morgan fingerprint density at radius 3 is 2.74 bits per heavy atom. The molecule has 0 aromatic carbocycles. The largest absolute Gasteiger partial charge is 0.481 e. The van der Waals surface area contributed by atoms with Gasteiger partial charge in [0.2, 0.25) is 0 Å². The molecule has 2 aliphatic rings. The zero-order valence-corrected chi connectivity index (χ0v) is 13.9. The average molecular weight is 326 g/mol. The summed E-state index contributed by atoms with van der Waals surface area (Å²) in [5.41, 5.74) is 0.971. The van der Waals surface area contributed by atoms with Gasteiger partial charge in [-0.05, 0) is 25.7 Å². The van der Waals surface area contributed by atoms with Crippen molar-refractivity contribution in [1.29, 1.82) is 0 Å². The first-order valence-corrected chi connectivity index (χ1v) is 8.11. The molecule has 0 radical (unpaired) electrons. The lowest BCUT2D eigenvalue weighted by atomic mass is 9.65. The summed E-state index contributed by atoms with van der Waals surface area (Å²) in [5.74, 6) is -1.69. The SMILES string of the molecule is COC1C(C)C2COC(=O)C2C(O)C1C/C=C(\C)CCC(=O)O. The lowest BCUT2D eigenvalue weighted by molar-refractivity contribution is -0.153. The minimum atomic E-state index is -0.824. The van der Waals surface area contributed by atoms with Crippen LogP contribution in [-0.2, 0) is 19.1 Å². The molecule has 1 saturated heterocycles. The van der Waals surface area contributed by atoms with Gasteiger partial charge in [-0.1, -0.05) is 18.6 Å². The Hall–Kier alpha value is -1.40. The van der Waals surface area contributed by atoms with Gasteiger partial charge in [0, 0.05) is 25.4 Å². The van der Waals surface area contributed by atoms with Gasteiger partial charge in [0.1, 0.15) is 0 Å². The number of fused-ring (bicyclic) bond motifs is 1. The van der Waals surface area contributed by atoms with E-state index in [4.69, 9.17) is 14.6 Å². The fourth-order valence-corrected chi connectivity index (χ4v) is 3.93. The van der Waals surface area contributed by atoms with Gasteiger partial charge in [0.15, 0.2) is 0 Å². The molecule has 0 spiro atoms. The highest BCUT2D eigenvalue weighted by molar-refractivity contribution is 5.75. The average Bonchev–Trinajstić information content (AvgIpc) is 2.89. The Bertz CT molecular complexity index is 485. The molecule has 2 rings (SSSR count). The van der Waals surface area contributed by atoms with Crippen molar-refractivity contribution in [3.8, 4) is 0 Å². The number of cyclic esters (lactones) is 1. The maximum absolute atomic E-state index is 11.9. The van der Waals surface area contributed by atoms with Crippen molar-refractivity contribution in [3.63, 3.8) is 0 Å². The number of carbonyl (C=O) groups excluding carboxylic acids is 1. The van der Waals surface area contributed by atoms with Crippen molar-refractivity contribution >= 4 is 11.9 Å². The second kappa shape index (κ2) is 7.45. The van der Waals surface area contributed by atoms with Crippen molar-refractivity contribution in [1.82, 2.24) is 0 Å². The number of esters is 1. The molecule has 0 aromatic rings. The molecular weight excluding hydrogens is 300 g/mol. The van der Waals surface area contributed by atoms with Gasteiger partial charge in [-0.15, -0.1) is 0 Å². The summed E-state index contributed by atoms with van der Waals surface area (Å²) in [6, 6.07) is 0. The fourth-order valence-electron chi connectivity index (χ4n) is 3.93. The van der Waals surface area contributed by atoms with Crippen LogP contribution in [0.5, 0.6) is 0 Å². The number of carboxylic acid groups (broad SMARTS) is 1. The summed E-state index contributed by atoms with van der Waals surface area (Å²) >= 11 is 0. The topological polar surface area (TPSA) is 93.1 Å². The number of methoxy groups -OCH3 is 1. The fraction of sp³-hybridized carbons (Fsp3) is 0.765. The third-order valence-corrected chi connectivity index (χ3v) is 5.32. The number of aliphatic hydroxyl groups excluding tert-OH is 1. The molecule has 6 heteroatoms. The van der Waals surface area contributed by atoms with Crippen molar-refractivity contribution in [2.24, 2.45) is 23.7 Å². The number of carbonyl (C=O) groups is 2. The van der Waals surface area contributed by atoms with Crippen LogP contribution >= 0.6 is 0 Å². The van der Waals surface area contributed by atoms with Crippen LogP contribution in [-0.4, -0.2) is 48.1 Å². The summed E-state index contributed by atoms with van der Waals surface area (Å²) in [5, 5.41) is 19.4. The molecule has 2 N–H and O–H groups in total. The summed E-state index contributed by atoms with van der Waals surface area (Å²) in [6.45, 7) is 4.27. The van der Waals surface area contributed by atoms with Crippen LogP contribution in [0, 0.1) is 23.7 Å². The Morgan fingerprint density at radius 1 is 1.43 bits per heavy atom. The van der Waals surface area contributed by atoms with E-state index < -0.39 is 18.0 Å². The van der Waals surface area contributed by atoms with E-state index in [-0.39, 0.29) is 36.2 Å². The highest BCUT2D eigenvalue weighted by atomic mass is 16.5. The van der Waals surface area contributed by atoms with Gasteiger partial charge < -0.3 is 19.7 Å². The minimum absolute atomic E-state index is 0.00390. The van der Waals surface area contributed by atoms with Gasteiger partial charge in [-0.2, -0.15) is 0 Å². The van der Waals surface area contributed by atoms with E-state index in [2.05, 4.69) is 0 Å². The predicted molar refractivity (Wildman–Crippen MR) is 82.6 cm³/mol. The number of allylic oxidation sites excluding steroid dienone is 2. The maximum Gasteiger partial charge on any atom is 0.312 e. The number of carboxylic acids is 1. The highest BCUT2D eigenvalue weighted by Gasteiger charge is 2.54. The van der Waals surface area contributed by atoms with Crippen molar-refractivity contribution in [2.45, 2.75) is 45.3 Å². The Morgan fingerprint density at radius 2 is 2.13 bits per heavy atom. The number of ether oxygens (including phenoxy) is 2.